The number of rotatable bonds is 6. The van der Waals surface area contributed by atoms with Crippen LogP contribution in [0.3, 0.4) is 0 Å². The van der Waals surface area contributed by atoms with Gasteiger partial charge in [0, 0.05) is 36.4 Å². The molecule has 0 unspecified atom stereocenters. The van der Waals surface area contributed by atoms with E-state index in [1.807, 2.05) is 36.2 Å². The first-order chi connectivity index (χ1) is 15.6. The fourth-order valence-electron chi connectivity index (χ4n) is 4.25. The lowest BCUT2D eigenvalue weighted by Crippen LogP contribution is -2.29. The Hall–Kier alpha value is -3.11. The lowest BCUT2D eigenvalue weighted by atomic mass is 9.96. The van der Waals surface area contributed by atoms with E-state index < -0.39 is 10.0 Å². The molecule has 10 heteroatoms. The van der Waals surface area contributed by atoms with Gasteiger partial charge in [-0.15, -0.1) is 0 Å². The van der Waals surface area contributed by atoms with Crippen LogP contribution in [0.25, 0.3) is 0 Å². The van der Waals surface area contributed by atoms with Crippen LogP contribution in [0, 0.1) is 13.8 Å². The molecule has 4 rings (SSSR count). The van der Waals surface area contributed by atoms with E-state index in [1.165, 1.54) is 7.11 Å². The second-order valence-electron chi connectivity index (χ2n) is 8.14. The summed E-state index contributed by atoms with van der Waals surface area (Å²) < 4.78 is 33.7. The van der Waals surface area contributed by atoms with E-state index in [-0.39, 0.29) is 12.1 Å². The van der Waals surface area contributed by atoms with Gasteiger partial charge < -0.3 is 19.5 Å². The normalized spacial score (nSPS) is 18.3. The van der Waals surface area contributed by atoms with Crippen LogP contribution in [-0.2, 0) is 17.1 Å². The monoisotopic (exact) mass is 485 g/mol. The summed E-state index contributed by atoms with van der Waals surface area (Å²) >= 11 is 5.79. The molecule has 1 aromatic carbocycles. The fraction of sp³-hybridized carbons (Fsp3) is 0.304. The molecule has 2 aromatic heterocycles. The largest absolute Gasteiger partial charge is 0.494 e. The number of hydrogen-bond acceptors (Lipinski definition) is 5. The Kier molecular flexibility index (Phi) is 6.06. The quantitative estimate of drug-likeness (QED) is 0.516. The molecule has 0 amide bonds. The van der Waals surface area contributed by atoms with E-state index >= 15 is 0 Å². The van der Waals surface area contributed by atoms with Gasteiger partial charge in [-0.1, -0.05) is 6.07 Å². The number of thiocarbonyl (C=S) groups is 1. The van der Waals surface area contributed by atoms with Gasteiger partial charge in [-0.3, -0.25) is 9.71 Å². The standard InChI is InChI=1S/C23H27N5O3S2/c1-14-12-17(15(2)27(14)3)22-21(19-8-6-7-11-24-19)25-23(32)28(22)16-9-10-18(20(13-16)31-4)26-33(5,29)30/h6-13,21-22,26H,1-5H3,(H,25,32)/t21-,22-/m0/s1. The van der Waals surface area contributed by atoms with Gasteiger partial charge in [0.25, 0.3) is 0 Å². The highest BCUT2D eigenvalue weighted by Gasteiger charge is 2.42. The smallest absolute Gasteiger partial charge is 0.229 e. The zero-order chi connectivity index (χ0) is 23.9. The summed E-state index contributed by atoms with van der Waals surface area (Å²) in [6, 6.07) is 13.0. The van der Waals surface area contributed by atoms with Gasteiger partial charge >= 0.3 is 0 Å². The third-order valence-corrected chi connectivity index (χ3v) is 6.89. The summed E-state index contributed by atoms with van der Waals surface area (Å²) in [5.74, 6) is 0.404. The van der Waals surface area contributed by atoms with Crippen molar-refractivity contribution in [3.05, 3.63) is 71.3 Å². The molecule has 1 saturated heterocycles. The van der Waals surface area contributed by atoms with Crippen LogP contribution in [0.2, 0.25) is 0 Å². The number of aromatic nitrogens is 2. The van der Waals surface area contributed by atoms with Gasteiger partial charge in [0.2, 0.25) is 10.0 Å². The van der Waals surface area contributed by atoms with E-state index in [0.717, 1.165) is 34.6 Å². The number of nitrogens with one attached hydrogen (secondary N) is 2. The van der Waals surface area contributed by atoms with E-state index in [2.05, 4.69) is 39.5 Å². The molecule has 0 spiro atoms. The van der Waals surface area contributed by atoms with Gasteiger partial charge in [0.15, 0.2) is 5.11 Å². The minimum Gasteiger partial charge on any atom is -0.494 e. The molecule has 3 aromatic rings. The van der Waals surface area contributed by atoms with Crippen LogP contribution in [0.15, 0.2) is 48.7 Å². The second kappa shape index (κ2) is 8.68. The van der Waals surface area contributed by atoms with Gasteiger partial charge in [0.1, 0.15) is 5.75 Å². The molecule has 174 valence electrons. The van der Waals surface area contributed by atoms with Crippen LogP contribution in [0.4, 0.5) is 11.4 Å². The molecule has 1 aliphatic heterocycles. The number of nitrogens with zero attached hydrogens (tertiary/aromatic N) is 3. The third kappa shape index (κ3) is 4.40. The Bertz CT molecular complexity index is 1310. The average molecular weight is 486 g/mol. The first kappa shape index (κ1) is 23.1. The third-order valence-electron chi connectivity index (χ3n) is 5.99. The highest BCUT2D eigenvalue weighted by Crippen LogP contribution is 2.44. The Morgan fingerprint density at radius 2 is 1.94 bits per heavy atom. The Morgan fingerprint density at radius 3 is 2.52 bits per heavy atom. The van der Waals surface area contributed by atoms with Gasteiger partial charge in [-0.2, -0.15) is 0 Å². The molecule has 0 bridgehead atoms. The minimum atomic E-state index is -3.45. The molecule has 2 N–H and O–H groups in total. The zero-order valence-corrected chi connectivity index (χ0v) is 20.8. The van der Waals surface area contributed by atoms with E-state index in [0.29, 0.717) is 16.5 Å². The summed E-state index contributed by atoms with van der Waals surface area (Å²) in [4.78, 5) is 6.63. The van der Waals surface area contributed by atoms with Gasteiger partial charge in [-0.05, 0) is 62.0 Å². The first-order valence-electron chi connectivity index (χ1n) is 10.4. The molecule has 0 radical (unpaired) electrons. The summed E-state index contributed by atoms with van der Waals surface area (Å²) in [6.07, 6.45) is 2.88. The molecule has 3 heterocycles. The molecular weight excluding hydrogens is 458 g/mol. The number of aryl methyl sites for hydroxylation is 1. The predicted molar refractivity (Wildman–Crippen MR) is 134 cm³/mol. The predicted octanol–water partition coefficient (Wildman–Crippen LogP) is 3.59. The maximum atomic E-state index is 11.8. The Balaban J connectivity index is 1.85. The van der Waals surface area contributed by atoms with E-state index in [9.17, 15) is 8.42 Å². The fourth-order valence-corrected chi connectivity index (χ4v) is 5.16. The van der Waals surface area contributed by atoms with Gasteiger partial charge in [-0.25, -0.2) is 8.42 Å². The molecule has 0 saturated carbocycles. The van der Waals surface area contributed by atoms with Crippen molar-refractivity contribution in [2.45, 2.75) is 25.9 Å². The van der Waals surface area contributed by atoms with Crippen molar-refractivity contribution in [3.8, 4) is 5.75 Å². The molecular formula is C23H27N5O3S2. The van der Waals surface area contributed by atoms with Crippen molar-refractivity contribution in [1.29, 1.82) is 0 Å². The number of anilines is 2. The van der Waals surface area contributed by atoms with Crippen LogP contribution < -0.4 is 19.7 Å². The highest BCUT2D eigenvalue weighted by atomic mass is 32.2. The number of ether oxygens (including phenoxy) is 1. The number of hydrogen-bond donors (Lipinski definition) is 2. The van der Waals surface area contributed by atoms with Crippen LogP contribution >= 0.6 is 12.2 Å². The lowest BCUT2D eigenvalue weighted by Gasteiger charge is -2.28. The molecule has 0 aliphatic carbocycles. The van der Waals surface area contributed by atoms with Crippen LogP contribution in [-0.4, -0.2) is 36.4 Å². The Labute approximate surface area is 199 Å². The molecule has 8 nitrogen and oxygen atoms in total. The number of sulfonamides is 1. The number of benzene rings is 1. The zero-order valence-electron chi connectivity index (χ0n) is 19.2. The molecule has 1 fully saturated rings. The van der Waals surface area contributed by atoms with E-state index in [1.54, 1.807) is 18.3 Å². The SMILES string of the molecule is COc1cc(N2C(=S)N[C@@H](c3ccccn3)[C@@H]2c2cc(C)n(C)c2C)ccc1NS(C)(=O)=O. The highest BCUT2D eigenvalue weighted by molar-refractivity contribution is 7.92. The molecule has 2 atom stereocenters. The van der Waals surface area contributed by atoms with E-state index in [4.69, 9.17) is 17.0 Å². The second-order valence-corrected chi connectivity index (χ2v) is 10.3. The van der Waals surface area contributed by atoms with Crippen LogP contribution in [0.5, 0.6) is 5.75 Å². The molecule has 33 heavy (non-hydrogen) atoms. The van der Waals surface area contributed by atoms with Crippen molar-refractivity contribution in [3.63, 3.8) is 0 Å². The molecule has 1 aliphatic rings. The van der Waals surface area contributed by atoms with Crippen molar-refractivity contribution in [2.24, 2.45) is 7.05 Å². The summed E-state index contributed by atoms with van der Waals surface area (Å²) in [5.41, 5.74) is 5.45. The topological polar surface area (TPSA) is 88.5 Å². The van der Waals surface area contributed by atoms with Crippen molar-refractivity contribution < 1.29 is 13.2 Å². The number of methoxy groups -OCH3 is 1. The summed E-state index contributed by atoms with van der Waals surface area (Å²) in [5, 5.41) is 4.00. The summed E-state index contributed by atoms with van der Waals surface area (Å²) in [7, 11) is 0.0999. The first-order valence-corrected chi connectivity index (χ1v) is 12.7. The van der Waals surface area contributed by atoms with Crippen LogP contribution in [0.1, 0.15) is 34.7 Å². The maximum absolute atomic E-state index is 11.8. The number of pyridine rings is 1. The Morgan fingerprint density at radius 1 is 1.18 bits per heavy atom. The van der Waals surface area contributed by atoms with Gasteiger partial charge in [0.05, 0.1) is 36.8 Å². The van der Waals surface area contributed by atoms with Crippen molar-refractivity contribution in [1.82, 2.24) is 14.9 Å². The summed E-state index contributed by atoms with van der Waals surface area (Å²) in [6.45, 7) is 4.17. The lowest BCUT2D eigenvalue weighted by molar-refractivity contribution is 0.417. The average Bonchev–Trinajstić information content (AvgIpc) is 3.24. The van der Waals surface area contributed by atoms with Crippen molar-refractivity contribution in [2.75, 3.05) is 23.0 Å². The van der Waals surface area contributed by atoms with Crippen molar-refractivity contribution >= 4 is 38.7 Å². The maximum Gasteiger partial charge on any atom is 0.229 e. The minimum absolute atomic E-state index is 0.161.